The minimum Gasteiger partial charge on any atom is -0.358 e. The highest BCUT2D eigenvalue weighted by Gasteiger charge is 2.11. The second kappa shape index (κ2) is 3.43. The van der Waals surface area contributed by atoms with E-state index >= 15 is 0 Å². The van der Waals surface area contributed by atoms with Gasteiger partial charge in [-0.25, -0.2) is 4.39 Å². The number of benzene rings is 1. The number of aromatic nitrogens is 1. The van der Waals surface area contributed by atoms with Crippen molar-refractivity contribution >= 4 is 16.8 Å². The molecule has 0 unspecified atom stereocenters. The molecule has 1 amide bonds. The number of rotatable bonds is 1. The third-order valence-corrected chi connectivity index (χ3v) is 2.03. The molecule has 2 aromatic rings. The second-order valence-electron chi connectivity index (χ2n) is 2.86. The average molecular weight is 204 g/mol. The Kier molecular flexibility index (Phi) is 2.11. The Labute approximate surface area is 83.1 Å². The maximum absolute atomic E-state index is 13.2. The monoisotopic (exact) mass is 204 g/mol. The number of nitrogens with zero attached hydrogens (tertiary/aromatic N) is 3. The summed E-state index contributed by atoms with van der Waals surface area (Å²) >= 11 is 0. The predicted octanol–water partition coefficient (Wildman–Crippen LogP) is 2.76. The summed E-state index contributed by atoms with van der Waals surface area (Å²) < 4.78 is 13.2. The van der Waals surface area contributed by atoms with Crippen LogP contribution in [0.3, 0.4) is 0 Å². The highest BCUT2D eigenvalue weighted by molar-refractivity contribution is 6.07. The van der Waals surface area contributed by atoms with Gasteiger partial charge in [0.1, 0.15) is 5.82 Å². The first-order chi connectivity index (χ1) is 7.24. The Balaban J connectivity index is 2.69. The van der Waals surface area contributed by atoms with Crippen molar-refractivity contribution in [1.82, 2.24) is 4.98 Å². The summed E-state index contributed by atoms with van der Waals surface area (Å²) in [6, 6.07) is 4.34. The molecule has 6 heteroatoms. The normalized spacial score (nSPS) is 9.93. The van der Waals surface area contributed by atoms with Crippen molar-refractivity contribution in [2.24, 2.45) is 5.11 Å². The van der Waals surface area contributed by atoms with Gasteiger partial charge in [0.2, 0.25) is 0 Å². The van der Waals surface area contributed by atoms with Gasteiger partial charge < -0.3 is 4.98 Å². The van der Waals surface area contributed by atoms with Crippen LogP contribution in [0.4, 0.5) is 4.39 Å². The van der Waals surface area contributed by atoms with Crippen molar-refractivity contribution in [2.45, 2.75) is 0 Å². The molecule has 0 radical (unpaired) electrons. The van der Waals surface area contributed by atoms with Gasteiger partial charge in [-0.3, -0.25) is 4.79 Å². The van der Waals surface area contributed by atoms with E-state index in [0.717, 1.165) is 0 Å². The molecule has 1 aromatic heterocycles. The van der Waals surface area contributed by atoms with Crippen LogP contribution in [0.5, 0.6) is 0 Å². The molecule has 0 aliphatic carbocycles. The quantitative estimate of drug-likeness (QED) is 0.432. The lowest BCUT2D eigenvalue weighted by Crippen LogP contribution is -1.90. The van der Waals surface area contributed by atoms with Crippen molar-refractivity contribution in [3.8, 4) is 0 Å². The molecule has 1 aromatic carbocycles. The minimum atomic E-state index is -0.727. The van der Waals surface area contributed by atoms with Gasteiger partial charge in [-0.05, 0) is 16.7 Å². The van der Waals surface area contributed by atoms with E-state index in [4.69, 9.17) is 5.53 Å². The molecule has 0 saturated heterocycles. The van der Waals surface area contributed by atoms with Crippen LogP contribution in [-0.4, -0.2) is 10.9 Å². The predicted molar refractivity (Wildman–Crippen MR) is 51.7 cm³/mol. The molecule has 0 saturated carbocycles. The summed E-state index contributed by atoms with van der Waals surface area (Å²) in [6.07, 6.45) is 1.32. The van der Waals surface area contributed by atoms with Gasteiger partial charge >= 0.3 is 0 Å². The summed E-state index contributed by atoms with van der Waals surface area (Å²) in [6.45, 7) is 0. The first-order valence-corrected chi connectivity index (χ1v) is 4.09. The maximum Gasteiger partial charge on any atom is 0.251 e. The summed E-state index contributed by atoms with van der Waals surface area (Å²) in [7, 11) is 0. The zero-order chi connectivity index (χ0) is 10.8. The lowest BCUT2D eigenvalue weighted by Gasteiger charge is -1.92. The Bertz CT molecular complexity index is 583. The number of H-pyrrole nitrogens is 1. The van der Waals surface area contributed by atoms with E-state index in [0.29, 0.717) is 5.39 Å². The van der Waals surface area contributed by atoms with Gasteiger partial charge in [0.15, 0.2) is 0 Å². The van der Waals surface area contributed by atoms with Gasteiger partial charge in [-0.1, -0.05) is 12.1 Å². The number of azide groups is 1. The summed E-state index contributed by atoms with van der Waals surface area (Å²) in [5, 5.41) is 3.36. The number of carbonyl (C=O) groups is 1. The summed E-state index contributed by atoms with van der Waals surface area (Å²) in [5.41, 5.74) is 8.51. The van der Waals surface area contributed by atoms with Gasteiger partial charge in [0, 0.05) is 22.1 Å². The third kappa shape index (κ3) is 1.43. The zero-order valence-electron chi connectivity index (χ0n) is 7.44. The smallest absolute Gasteiger partial charge is 0.251 e. The molecule has 0 fully saturated rings. The van der Waals surface area contributed by atoms with Crippen molar-refractivity contribution in [3.05, 3.63) is 46.2 Å². The number of para-hydroxylation sites is 1. The van der Waals surface area contributed by atoms with Gasteiger partial charge in [0.05, 0.1) is 5.52 Å². The van der Waals surface area contributed by atoms with Crippen LogP contribution in [0.1, 0.15) is 10.4 Å². The number of amides is 1. The third-order valence-electron chi connectivity index (χ3n) is 2.03. The van der Waals surface area contributed by atoms with Crippen LogP contribution >= 0.6 is 0 Å². The van der Waals surface area contributed by atoms with E-state index < -0.39 is 11.7 Å². The minimum absolute atomic E-state index is 0.169. The van der Waals surface area contributed by atoms with Crippen LogP contribution < -0.4 is 0 Å². The largest absolute Gasteiger partial charge is 0.358 e. The Morgan fingerprint density at radius 2 is 2.33 bits per heavy atom. The molecular formula is C9H5FN4O. The average Bonchev–Trinajstić information content (AvgIpc) is 2.63. The fraction of sp³-hybridized carbons (Fsp3) is 0. The molecule has 15 heavy (non-hydrogen) atoms. The first kappa shape index (κ1) is 9.23. The van der Waals surface area contributed by atoms with Crippen LogP contribution in [0.25, 0.3) is 21.3 Å². The number of hydrogen-bond acceptors (Lipinski definition) is 1. The molecule has 1 heterocycles. The maximum atomic E-state index is 13.2. The Morgan fingerprint density at radius 3 is 3.07 bits per heavy atom. The lowest BCUT2D eigenvalue weighted by molar-refractivity contribution is 0.100. The van der Waals surface area contributed by atoms with Crippen molar-refractivity contribution in [3.63, 3.8) is 0 Å². The highest BCUT2D eigenvalue weighted by atomic mass is 19.1. The topological polar surface area (TPSA) is 81.6 Å². The zero-order valence-corrected chi connectivity index (χ0v) is 7.44. The van der Waals surface area contributed by atoms with Crippen molar-refractivity contribution in [2.75, 3.05) is 0 Å². The van der Waals surface area contributed by atoms with Crippen LogP contribution in [-0.2, 0) is 0 Å². The van der Waals surface area contributed by atoms with Crippen LogP contribution in [0.15, 0.2) is 29.5 Å². The molecule has 1 N–H and O–H groups in total. The van der Waals surface area contributed by atoms with E-state index in [1.54, 1.807) is 6.07 Å². The molecule has 0 bridgehead atoms. The molecule has 0 spiro atoms. The number of hydrogen-bond donors (Lipinski definition) is 1. The fourth-order valence-corrected chi connectivity index (χ4v) is 1.39. The van der Waals surface area contributed by atoms with E-state index in [1.165, 1.54) is 18.3 Å². The number of aromatic amines is 1. The molecule has 0 atom stereocenters. The molecule has 5 nitrogen and oxygen atoms in total. The standard InChI is InChI=1S/C9H5FN4O/c10-7-3-1-2-5-6(4-12-8(5)7)9(15)13-14-11/h1-4,12H. The Hall–Kier alpha value is -2.33. The van der Waals surface area contributed by atoms with Gasteiger partial charge in [0.25, 0.3) is 5.91 Å². The van der Waals surface area contributed by atoms with E-state index in [-0.39, 0.29) is 11.1 Å². The molecular weight excluding hydrogens is 199 g/mol. The first-order valence-electron chi connectivity index (χ1n) is 4.09. The molecule has 74 valence electrons. The lowest BCUT2D eigenvalue weighted by atomic mass is 10.1. The fourth-order valence-electron chi connectivity index (χ4n) is 1.39. The van der Waals surface area contributed by atoms with Crippen LogP contribution in [0.2, 0.25) is 0 Å². The number of fused-ring (bicyclic) bond motifs is 1. The van der Waals surface area contributed by atoms with Crippen LogP contribution in [0, 0.1) is 5.82 Å². The Morgan fingerprint density at radius 1 is 1.53 bits per heavy atom. The molecule has 0 aliphatic rings. The summed E-state index contributed by atoms with van der Waals surface area (Å²) in [4.78, 5) is 16.3. The number of halogens is 1. The summed E-state index contributed by atoms with van der Waals surface area (Å²) in [5.74, 6) is -1.18. The van der Waals surface area contributed by atoms with Crippen molar-refractivity contribution < 1.29 is 9.18 Å². The molecule has 2 rings (SSSR count). The van der Waals surface area contributed by atoms with Gasteiger partial charge in [-0.2, -0.15) is 0 Å². The number of nitrogens with one attached hydrogen (secondary N) is 1. The van der Waals surface area contributed by atoms with E-state index in [1.807, 2.05) is 0 Å². The second-order valence-corrected chi connectivity index (χ2v) is 2.86. The SMILES string of the molecule is [N-]=[N+]=NC(=O)c1c[nH]c2c(F)cccc12. The number of carbonyl (C=O) groups excluding carboxylic acids is 1. The van der Waals surface area contributed by atoms with Gasteiger partial charge in [-0.15, -0.1) is 0 Å². The van der Waals surface area contributed by atoms with E-state index in [9.17, 15) is 9.18 Å². The van der Waals surface area contributed by atoms with Crippen molar-refractivity contribution in [1.29, 1.82) is 0 Å². The highest BCUT2D eigenvalue weighted by Crippen LogP contribution is 2.21. The van der Waals surface area contributed by atoms with E-state index in [2.05, 4.69) is 15.0 Å². The molecule has 0 aliphatic heterocycles.